The lowest BCUT2D eigenvalue weighted by molar-refractivity contribution is -0.124. The number of esters is 1. The number of carbonyl (C=O) groups is 3. The van der Waals surface area contributed by atoms with Gasteiger partial charge in [-0.15, -0.1) is 0 Å². The average Bonchev–Trinajstić information content (AvgIpc) is 2.28. The number of ketones is 1. The molecule has 1 heterocycles. The minimum atomic E-state index is -0.549. The molecular weight excluding hydrogens is 224 g/mol. The van der Waals surface area contributed by atoms with Crippen molar-refractivity contribution in [2.75, 3.05) is 12.4 Å². The number of methoxy groups -OCH3 is 1. The Balaban J connectivity index is 2.65. The van der Waals surface area contributed by atoms with Crippen molar-refractivity contribution in [1.82, 2.24) is 4.98 Å². The molecule has 0 fully saturated rings. The van der Waals surface area contributed by atoms with Crippen molar-refractivity contribution in [1.29, 1.82) is 0 Å². The fourth-order valence-electron chi connectivity index (χ4n) is 1.12. The maximum atomic E-state index is 11.2. The molecule has 0 aliphatic rings. The Morgan fingerprint density at radius 3 is 2.53 bits per heavy atom. The highest BCUT2D eigenvalue weighted by atomic mass is 16.5. The van der Waals surface area contributed by atoms with Crippen LogP contribution in [0.1, 0.15) is 23.8 Å². The van der Waals surface area contributed by atoms with Crippen molar-refractivity contribution >= 4 is 23.3 Å². The van der Waals surface area contributed by atoms with E-state index in [-0.39, 0.29) is 17.9 Å². The molecule has 17 heavy (non-hydrogen) atoms. The summed E-state index contributed by atoms with van der Waals surface area (Å²) in [6.45, 7) is 1.33. The van der Waals surface area contributed by atoms with Crippen LogP contribution in [0.3, 0.4) is 0 Å². The molecule has 0 unspecified atom stereocenters. The molecule has 0 aliphatic carbocycles. The molecule has 0 spiro atoms. The van der Waals surface area contributed by atoms with Gasteiger partial charge in [-0.1, -0.05) is 0 Å². The molecule has 1 N–H and O–H groups in total. The number of Topliss-reactive ketones (excluding diaryl/α,β-unsaturated/α-hetero) is 1. The van der Waals surface area contributed by atoms with Crippen LogP contribution in [0.25, 0.3) is 0 Å². The van der Waals surface area contributed by atoms with Crippen molar-refractivity contribution in [3.05, 3.63) is 24.0 Å². The summed E-state index contributed by atoms with van der Waals surface area (Å²) in [5.74, 6) is -1.18. The van der Waals surface area contributed by atoms with Crippen molar-refractivity contribution in [2.24, 2.45) is 0 Å². The summed E-state index contributed by atoms with van der Waals surface area (Å²) in [5.41, 5.74) is 0.570. The van der Waals surface area contributed by atoms with Crippen LogP contribution in [-0.4, -0.2) is 29.8 Å². The van der Waals surface area contributed by atoms with Gasteiger partial charge in [-0.2, -0.15) is 0 Å². The van der Waals surface area contributed by atoms with Gasteiger partial charge in [-0.25, -0.2) is 9.78 Å². The van der Waals surface area contributed by atoms with Gasteiger partial charge in [0.25, 0.3) is 0 Å². The van der Waals surface area contributed by atoms with Gasteiger partial charge in [0.05, 0.1) is 25.4 Å². The SMILES string of the molecule is COC(=O)c1ccc(NC(=O)CC(C)=O)cn1. The van der Waals surface area contributed by atoms with Crippen molar-refractivity contribution < 1.29 is 19.1 Å². The topological polar surface area (TPSA) is 85.4 Å². The predicted molar refractivity (Wildman–Crippen MR) is 59.5 cm³/mol. The summed E-state index contributed by atoms with van der Waals surface area (Å²) in [6, 6.07) is 2.94. The molecule has 0 aliphatic heterocycles. The van der Waals surface area contributed by atoms with Gasteiger partial charge < -0.3 is 10.1 Å². The predicted octanol–water partition coefficient (Wildman–Crippen LogP) is 0.786. The van der Waals surface area contributed by atoms with Crippen LogP contribution >= 0.6 is 0 Å². The number of rotatable bonds is 4. The Morgan fingerprint density at radius 2 is 2.06 bits per heavy atom. The molecule has 0 saturated carbocycles. The Morgan fingerprint density at radius 1 is 1.35 bits per heavy atom. The van der Waals surface area contributed by atoms with Crippen molar-refractivity contribution in [3.8, 4) is 0 Å². The Hall–Kier alpha value is -2.24. The second kappa shape index (κ2) is 5.74. The number of hydrogen-bond donors (Lipinski definition) is 1. The van der Waals surface area contributed by atoms with E-state index < -0.39 is 11.9 Å². The van der Waals surface area contributed by atoms with Crippen molar-refractivity contribution in [2.45, 2.75) is 13.3 Å². The van der Waals surface area contributed by atoms with Crippen LogP contribution in [0.4, 0.5) is 5.69 Å². The number of hydrogen-bond acceptors (Lipinski definition) is 5. The van der Waals surface area contributed by atoms with E-state index in [1.807, 2.05) is 0 Å². The van der Waals surface area contributed by atoms with E-state index in [0.717, 1.165) is 0 Å². The quantitative estimate of drug-likeness (QED) is 0.617. The van der Waals surface area contributed by atoms with Gasteiger partial charge in [0.1, 0.15) is 11.5 Å². The first-order valence-electron chi connectivity index (χ1n) is 4.86. The molecule has 1 rings (SSSR count). The largest absolute Gasteiger partial charge is 0.464 e. The van der Waals surface area contributed by atoms with Gasteiger partial charge in [0.15, 0.2) is 0 Å². The number of aromatic nitrogens is 1. The monoisotopic (exact) mass is 236 g/mol. The van der Waals surface area contributed by atoms with Crippen LogP contribution in [0.15, 0.2) is 18.3 Å². The first-order chi connectivity index (χ1) is 8.02. The normalized spacial score (nSPS) is 9.53. The van der Waals surface area contributed by atoms with Crippen LogP contribution in [0.2, 0.25) is 0 Å². The molecule has 90 valence electrons. The van der Waals surface area contributed by atoms with E-state index in [1.165, 1.54) is 32.4 Å². The molecule has 0 bridgehead atoms. The summed E-state index contributed by atoms with van der Waals surface area (Å²) in [4.78, 5) is 36.8. The first-order valence-corrected chi connectivity index (χ1v) is 4.86. The zero-order valence-corrected chi connectivity index (χ0v) is 9.52. The molecule has 0 atom stereocenters. The van der Waals surface area contributed by atoms with Crippen LogP contribution in [0.5, 0.6) is 0 Å². The zero-order chi connectivity index (χ0) is 12.8. The number of anilines is 1. The molecule has 1 aromatic rings. The smallest absolute Gasteiger partial charge is 0.356 e. The first kappa shape index (κ1) is 12.8. The maximum Gasteiger partial charge on any atom is 0.356 e. The van der Waals surface area contributed by atoms with Gasteiger partial charge in [-0.05, 0) is 19.1 Å². The van der Waals surface area contributed by atoms with E-state index >= 15 is 0 Å². The fourth-order valence-corrected chi connectivity index (χ4v) is 1.12. The number of carbonyl (C=O) groups excluding carboxylic acids is 3. The van der Waals surface area contributed by atoms with E-state index in [0.29, 0.717) is 5.69 Å². The number of nitrogens with one attached hydrogen (secondary N) is 1. The third kappa shape index (κ3) is 4.02. The highest BCUT2D eigenvalue weighted by Gasteiger charge is 2.08. The average molecular weight is 236 g/mol. The molecule has 0 saturated heterocycles. The Bertz CT molecular complexity index is 439. The van der Waals surface area contributed by atoms with Crippen LogP contribution in [0, 0.1) is 0 Å². The maximum absolute atomic E-state index is 11.2. The molecule has 1 amide bonds. The highest BCUT2D eigenvalue weighted by Crippen LogP contribution is 2.07. The van der Waals surface area contributed by atoms with Crippen LogP contribution in [-0.2, 0) is 14.3 Å². The summed E-state index contributed by atoms with van der Waals surface area (Å²) in [5, 5.41) is 2.48. The van der Waals surface area contributed by atoms with Gasteiger partial charge in [0.2, 0.25) is 5.91 Å². The van der Waals surface area contributed by atoms with Gasteiger partial charge in [-0.3, -0.25) is 9.59 Å². The molecule has 6 heteroatoms. The van der Waals surface area contributed by atoms with E-state index in [9.17, 15) is 14.4 Å². The van der Waals surface area contributed by atoms with E-state index in [2.05, 4.69) is 15.0 Å². The van der Waals surface area contributed by atoms with E-state index in [4.69, 9.17) is 0 Å². The summed E-state index contributed by atoms with van der Waals surface area (Å²) in [7, 11) is 1.26. The Kier molecular flexibility index (Phi) is 4.33. The van der Waals surface area contributed by atoms with E-state index in [1.54, 1.807) is 0 Å². The number of ether oxygens (including phenoxy) is 1. The molecule has 0 radical (unpaired) electrons. The lowest BCUT2D eigenvalue weighted by Gasteiger charge is -2.04. The van der Waals surface area contributed by atoms with Gasteiger partial charge >= 0.3 is 5.97 Å². The third-order valence-electron chi connectivity index (χ3n) is 1.85. The zero-order valence-electron chi connectivity index (χ0n) is 9.52. The summed E-state index contributed by atoms with van der Waals surface area (Å²) < 4.78 is 4.48. The summed E-state index contributed by atoms with van der Waals surface area (Å²) >= 11 is 0. The fraction of sp³-hybridized carbons (Fsp3) is 0.273. The number of nitrogens with zero attached hydrogens (tertiary/aromatic N) is 1. The molecular formula is C11H12N2O4. The van der Waals surface area contributed by atoms with Gasteiger partial charge in [0, 0.05) is 0 Å². The highest BCUT2D eigenvalue weighted by molar-refractivity contribution is 6.03. The van der Waals surface area contributed by atoms with Crippen molar-refractivity contribution in [3.63, 3.8) is 0 Å². The molecule has 0 aromatic carbocycles. The minimum absolute atomic E-state index is 0.150. The number of amides is 1. The second-order valence-corrected chi connectivity index (χ2v) is 3.35. The molecule has 6 nitrogen and oxygen atoms in total. The van der Waals surface area contributed by atoms with Crippen LogP contribution < -0.4 is 5.32 Å². The number of pyridine rings is 1. The Labute approximate surface area is 98.0 Å². The minimum Gasteiger partial charge on any atom is -0.464 e. The second-order valence-electron chi connectivity index (χ2n) is 3.35. The third-order valence-corrected chi connectivity index (χ3v) is 1.85. The summed E-state index contributed by atoms with van der Waals surface area (Å²) in [6.07, 6.45) is 1.14. The lowest BCUT2D eigenvalue weighted by atomic mass is 10.3. The molecule has 1 aromatic heterocycles. The lowest BCUT2D eigenvalue weighted by Crippen LogP contribution is -2.15. The standard InChI is InChI=1S/C11H12N2O4/c1-7(14)5-10(15)13-8-3-4-9(12-6-8)11(16)17-2/h3-4,6H,5H2,1-2H3,(H,13,15).